The van der Waals surface area contributed by atoms with E-state index in [2.05, 4.69) is 23.7 Å². The minimum Gasteiger partial charge on any atom is -0.333 e. The predicted octanol–water partition coefficient (Wildman–Crippen LogP) is 3.17. The van der Waals surface area contributed by atoms with Crippen molar-refractivity contribution in [1.29, 1.82) is 0 Å². The lowest BCUT2D eigenvalue weighted by Gasteiger charge is -2.31. The number of likely N-dealkylation sites (tertiary alicyclic amines) is 1. The zero-order chi connectivity index (χ0) is 19.7. The van der Waals surface area contributed by atoms with Crippen molar-refractivity contribution in [2.45, 2.75) is 90.3 Å². The Morgan fingerprint density at radius 1 is 1.18 bits per heavy atom. The number of fused-ring (bicyclic) bond motifs is 1. The Balaban J connectivity index is 1.47. The van der Waals surface area contributed by atoms with Gasteiger partial charge in [0.1, 0.15) is 5.82 Å². The van der Waals surface area contributed by atoms with Gasteiger partial charge in [0.2, 0.25) is 5.91 Å². The summed E-state index contributed by atoms with van der Waals surface area (Å²) < 4.78 is 0. The summed E-state index contributed by atoms with van der Waals surface area (Å²) in [6, 6.07) is 0.368. The van der Waals surface area contributed by atoms with Gasteiger partial charge in [0.15, 0.2) is 0 Å². The Bertz CT molecular complexity index is 766. The molecule has 2 fully saturated rings. The fourth-order valence-electron chi connectivity index (χ4n) is 5.18. The summed E-state index contributed by atoms with van der Waals surface area (Å²) in [5, 5.41) is 0. The van der Waals surface area contributed by atoms with Crippen molar-refractivity contribution < 1.29 is 4.79 Å². The first kappa shape index (κ1) is 19.6. The number of rotatable bonds is 5. The van der Waals surface area contributed by atoms with Crippen LogP contribution in [0, 0.1) is 5.92 Å². The van der Waals surface area contributed by atoms with Crippen molar-refractivity contribution in [3.05, 3.63) is 27.4 Å². The molecular formula is C22H34N4O2. The van der Waals surface area contributed by atoms with Crippen molar-refractivity contribution in [2.75, 3.05) is 13.1 Å². The molecule has 28 heavy (non-hydrogen) atoms. The van der Waals surface area contributed by atoms with Crippen molar-refractivity contribution in [2.24, 2.45) is 5.92 Å². The molecule has 0 aromatic carbocycles. The molecule has 1 N–H and O–H groups in total. The van der Waals surface area contributed by atoms with Crippen LogP contribution >= 0.6 is 0 Å². The monoisotopic (exact) mass is 386 g/mol. The van der Waals surface area contributed by atoms with Gasteiger partial charge in [0, 0.05) is 38.5 Å². The Morgan fingerprint density at radius 3 is 2.71 bits per heavy atom. The molecule has 0 spiro atoms. The van der Waals surface area contributed by atoms with Gasteiger partial charge in [0.05, 0.1) is 17.3 Å². The second kappa shape index (κ2) is 8.36. The van der Waals surface area contributed by atoms with Gasteiger partial charge in [0.25, 0.3) is 5.56 Å². The third-order valence-electron chi connectivity index (χ3n) is 6.98. The molecule has 1 saturated heterocycles. The zero-order valence-electron chi connectivity index (χ0n) is 17.4. The van der Waals surface area contributed by atoms with Gasteiger partial charge in [-0.15, -0.1) is 0 Å². The van der Waals surface area contributed by atoms with Gasteiger partial charge in [-0.2, -0.15) is 0 Å². The lowest BCUT2D eigenvalue weighted by molar-refractivity contribution is -0.132. The first-order valence-electron chi connectivity index (χ1n) is 11.2. The third kappa shape index (κ3) is 4.02. The molecule has 3 heterocycles. The fourth-order valence-corrected chi connectivity index (χ4v) is 5.18. The summed E-state index contributed by atoms with van der Waals surface area (Å²) in [5.41, 5.74) is 1.72. The first-order valence-corrected chi connectivity index (χ1v) is 11.2. The van der Waals surface area contributed by atoms with Gasteiger partial charge >= 0.3 is 0 Å². The van der Waals surface area contributed by atoms with E-state index < -0.39 is 0 Å². The summed E-state index contributed by atoms with van der Waals surface area (Å²) in [6.07, 6.45) is 9.55. The lowest BCUT2D eigenvalue weighted by Crippen LogP contribution is -2.40. The Hall–Kier alpha value is -1.69. The number of amides is 1. The smallest absolute Gasteiger partial charge is 0.255 e. The van der Waals surface area contributed by atoms with Crippen LogP contribution in [0.1, 0.15) is 88.3 Å². The molecule has 2 aliphatic heterocycles. The Morgan fingerprint density at radius 2 is 1.96 bits per heavy atom. The SMILES string of the molecule is CC(C)N1CCc2nc([C@@H]3CCCN3C(=O)CCC3CCCC3)[nH]c(=O)c2C1. The van der Waals surface area contributed by atoms with Crippen LogP contribution in [0.15, 0.2) is 4.79 Å². The summed E-state index contributed by atoms with van der Waals surface area (Å²) in [4.78, 5) is 37.8. The highest BCUT2D eigenvalue weighted by atomic mass is 16.2. The maximum absolute atomic E-state index is 12.9. The maximum Gasteiger partial charge on any atom is 0.255 e. The average Bonchev–Trinajstić information content (AvgIpc) is 3.37. The largest absolute Gasteiger partial charge is 0.333 e. The van der Waals surface area contributed by atoms with E-state index in [0.29, 0.717) is 24.8 Å². The highest BCUT2D eigenvalue weighted by molar-refractivity contribution is 5.76. The number of hydrogen-bond acceptors (Lipinski definition) is 4. The number of nitrogens with one attached hydrogen (secondary N) is 1. The molecule has 6 heteroatoms. The van der Waals surface area contributed by atoms with Crippen LogP contribution in [0.3, 0.4) is 0 Å². The van der Waals surface area contributed by atoms with Crippen LogP contribution < -0.4 is 5.56 Å². The Labute approximate surface area is 167 Å². The molecule has 1 aromatic rings. The van der Waals surface area contributed by atoms with E-state index >= 15 is 0 Å². The van der Waals surface area contributed by atoms with Gasteiger partial charge in [-0.1, -0.05) is 25.7 Å². The van der Waals surface area contributed by atoms with Crippen LogP contribution in [-0.4, -0.2) is 44.8 Å². The quantitative estimate of drug-likeness (QED) is 0.844. The first-order chi connectivity index (χ1) is 13.5. The molecule has 1 amide bonds. The van der Waals surface area contributed by atoms with Crippen molar-refractivity contribution in [3.8, 4) is 0 Å². The summed E-state index contributed by atoms with van der Waals surface area (Å²) >= 11 is 0. The lowest BCUT2D eigenvalue weighted by atomic mass is 10.0. The number of carbonyl (C=O) groups is 1. The molecule has 0 bridgehead atoms. The summed E-state index contributed by atoms with van der Waals surface area (Å²) in [6.45, 7) is 6.72. The van der Waals surface area contributed by atoms with E-state index in [9.17, 15) is 9.59 Å². The fraction of sp³-hybridized carbons (Fsp3) is 0.773. The molecule has 1 atom stereocenters. The standard InChI is InChI=1S/C22H34N4O2/c1-15(2)25-13-11-18-17(14-25)22(28)24-21(23-18)19-8-5-12-26(19)20(27)10-9-16-6-3-4-7-16/h15-16,19H,3-14H2,1-2H3,(H,23,24,28)/t19-/m0/s1. The van der Waals surface area contributed by atoms with Gasteiger partial charge in [-0.25, -0.2) is 4.98 Å². The molecule has 1 aliphatic carbocycles. The third-order valence-corrected chi connectivity index (χ3v) is 6.98. The number of aromatic nitrogens is 2. The molecule has 0 unspecified atom stereocenters. The highest BCUT2D eigenvalue weighted by Gasteiger charge is 2.33. The van der Waals surface area contributed by atoms with Crippen LogP contribution in [0.25, 0.3) is 0 Å². The van der Waals surface area contributed by atoms with Crippen LogP contribution in [0.5, 0.6) is 0 Å². The van der Waals surface area contributed by atoms with E-state index in [1.807, 2.05) is 4.90 Å². The average molecular weight is 387 g/mol. The highest BCUT2D eigenvalue weighted by Crippen LogP contribution is 2.33. The number of carbonyl (C=O) groups excluding carboxylic acids is 1. The molecule has 4 rings (SSSR count). The Kier molecular flexibility index (Phi) is 5.85. The molecule has 6 nitrogen and oxygen atoms in total. The molecular weight excluding hydrogens is 352 g/mol. The molecule has 1 aromatic heterocycles. The van der Waals surface area contributed by atoms with Crippen molar-refractivity contribution in [3.63, 3.8) is 0 Å². The van der Waals surface area contributed by atoms with E-state index in [0.717, 1.165) is 55.9 Å². The minimum atomic E-state index is -0.0581. The van der Waals surface area contributed by atoms with Crippen LogP contribution in [-0.2, 0) is 17.8 Å². The van der Waals surface area contributed by atoms with Crippen LogP contribution in [0.2, 0.25) is 0 Å². The molecule has 1 saturated carbocycles. The van der Waals surface area contributed by atoms with Crippen molar-refractivity contribution >= 4 is 5.91 Å². The maximum atomic E-state index is 12.9. The normalized spacial score (nSPS) is 23.5. The van der Waals surface area contributed by atoms with Crippen molar-refractivity contribution in [1.82, 2.24) is 19.8 Å². The van der Waals surface area contributed by atoms with E-state index in [-0.39, 0.29) is 17.5 Å². The second-order valence-corrected chi connectivity index (χ2v) is 9.12. The topological polar surface area (TPSA) is 69.3 Å². The molecule has 154 valence electrons. The predicted molar refractivity (Wildman–Crippen MR) is 109 cm³/mol. The second-order valence-electron chi connectivity index (χ2n) is 9.12. The zero-order valence-corrected chi connectivity index (χ0v) is 17.4. The van der Waals surface area contributed by atoms with E-state index in [4.69, 9.17) is 4.98 Å². The number of hydrogen-bond donors (Lipinski definition) is 1. The van der Waals surface area contributed by atoms with E-state index in [1.54, 1.807) is 0 Å². The number of H-pyrrole nitrogens is 1. The summed E-state index contributed by atoms with van der Waals surface area (Å²) in [7, 11) is 0. The number of aromatic amines is 1. The number of nitrogens with zero attached hydrogens (tertiary/aromatic N) is 3. The van der Waals surface area contributed by atoms with Gasteiger partial charge < -0.3 is 9.88 Å². The minimum absolute atomic E-state index is 0.0180. The van der Waals surface area contributed by atoms with Gasteiger partial charge in [-0.3, -0.25) is 14.5 Å². The van der Waals surface area contributed by atoms with Crippen LogP contribution in [0.4, 0.5) is 0 Å². The molecule has 0 radical (unpaired) electrons. The summed E-state index contributed by atoms with van der Waals surface area (Å²) in [5.74, 6) is 1.67. The molecule has 3 aliphatic rings. The van der Waals surface area contributed by atoms with E-state index in [1.165, 1.54) is 25.7 Å². The van der Waals surface area contributed by atoms with Gasteiger partial charge in [-0.05, 0) is 39.0 Å².